The number of benzene rings is 7. The van der Waals surface area contributed by atoms with Gasteiger partial charge in [-0.1, -0.05) is 91.0 Å². The minimum atomic E-state index is 0.907. The second-order valence-corrected chi connectivity index (χ2v) is 12.2. The van der Waals surface area contributed by atoms with Gasteiger partial charge in [0.05, 0.1) is 33.1 Å². The molecule has 0 spiro atoms. The quantitative estimate of drug-likeness (QED) is 0.203. The number of nitrogens with zero attached hydrogens (tertiary/aromatic N) is 4. The monoisotopic (exact) mass is 584 g/mol. The molecule has 4 nitrogen and oxygen atoms in total. The third kappa shape index (κ3) is 3.03. The van der Waals surface area contributed by atoms with Crippen molar-refractivity contribution in [3.63, 3.8) is 0 Å². The Morgan fingerprint density at radius 3 is 2.09 bits per heavy atom. The molecule has 0 saturated carbocycles. The molecule has 7 aromatic carbocycles. The highest BCUT2D eigenvalue weighted by Gasteiger charge is 2.23. The van der Waals surface area contributed by atoms with Crippen molar-refractivity contribution in [2.45, 2.75) is 0 Å². The Bertz CT molecular complexity index is 3020. The van der Waals surface area contributed by atoms with Gasteiger partial charge in [0, 0.05) is 32.6 Å². The lowest BCUT2D eigenvalue weighted by Crippen LogP contribution is -1.93. The molecule has 0 fully saturated rings. The normalized spacial score (nSPS) is 12.3. The lowest BCUT2D eigenvalue weighted by Gasteiger charge is -2.09. The smallest absolute Gasteiger partial charge is 0.165 e. The van der Waals surface area contributed by atoms with Crippen LogP contribution in [0.2, 0.25) is 0 Å². The van der Waals surface area contributed by atoms with Crippen LogP contribution < -0.4 is 0 Å². The molecule has 212 valence electrons. The van der Waals surface area contributed by atoms with E-state index in [-0.39, 0.29) is 0 Å². The maximum absolute atomic E-state index is 5.15. The van der Waals surface area contributed by atoms with Gasteiger partial charge >= 0.3 is 0 Å². The standard InChI is InChI=1S/C42H24N4/c1-2-11-27(12-3-1)45-36-22-19-26(24-32(36)38-28-13-5-4-10-25(28)18-23-37(38)45)29-20-21-31-40-42(44-34-16-8-7-15-33(34)43-40)46-35-17-9-6-14-30(35)39(29)41(31)46/h1-24H. The molecule has 4 heteroatoms. The molecule has 0 aliphatic rings. The van der Waals surface area contributed by atoms with Crippen molar-refractivity contribution in [2.75, 3.05) is 0 Å². The van der Waals surface area contributed by atoms with E-state index >= 15 is 0 Å². The van der Waals surface area contributed by atoms with Crippen LogP contribution in [0.25, 0.3) is 98.8 Å². The summed E-state index contributed by atoms with van der Waals surface area (Å²) in [5.41, 5.74) is 12.0. The Hall–Kier alpha value is -6.26. The fraction of sp³-hybridized carbons (Fsp3) is 0. The highest BCUT2D eigenvalue weighted by atomic mass is 15.0. The predicted octanol–water partition coefficient (Wildman–Crippen LogP) is 10.7. The van der Waals surface area contributed by atoms with Crippen LogP contribution in [0.5, 0.6) is 0 Å². The highest BCUT2D eigenvalue weighted by Crippen LogP contribution is 2.45. The van der Waals surface area contributed by atoms with E-state index in [0.29, 0.717) is 0 Å². The van der Waals surface area contributed by atoms with Gasteiger partial charge in [0.2, 0.25) is 0 Å². The Morgan fingerprint density at radius 1 is 0.457 bits per heavy atom. The van der Waals surface area contributed by atoms with E-state index in [1.54, 1.807) is 0 Å². The fourth-order valence-electron chi connectivity index (χ4n) is 7.89. The van der Waals surface area contributed by atoms with E-state index in [4.69, 9.17) is 9.97 Å². The number of fused-ring (bicyclic) bond motifs is 12. The molecule has 0 bridgehead atoms. The average molecular weight is 585 g/mol. The molecule has 0 unspecified atom stereocenters. The van der Waals surface area contributed by atoms with E-state index in [2.05, 4.69) is 130 Å². The summed E-state index contributed by atoms with van der Waals surface area (Å²) in [7, 11) is 0. The summed E-state index contributed by atoms with van der Waals surface area (Å²) in [6, 6.07) is 52.3. The molecule has 11 aromatic rings. The van der Waals surface area contributed by atoms with Gasteiger partial charge in [-0.3, -0.25) is 4.40 Å². The van der Waals surface area contributed by atoms with Gasteiger partial charge in [0.25, 0.3) is 0 Å². The summed E-state index contributed by atoms with van der Waals surface area (Å²) < 4.78 is 4.73. The van der Waals surface area contributed by atoms with Crippen LogP contribution in [-0.2, 0) is 0 Å². The van der Waals surface area contributed by atoms with Crippen molar-refractivity contribution in [2.24, 2.45) is 0 Å². The van der Waals surface area contributed by atoms with Gasteiger partial charge in [-0.25, -0.2) is 9.97 Å². The molecule has 0 aliphatic heterocycles. The van der Waals surface area contributed by atoms with Crippen molar-refractivity contribution in [1.29, 1.82) is 0 Å². The summed E-state index contributed by atoms with van der Waals surface area (Å²) >= 11 is 0. The van der Waals surface area contributed by atoms with Crippen LogP contribution >= 0.6 is 0 Å². The third-order valence-corrected chi connectivity index (χ3v) is 9.82. The second-order valence-electron chi connectivity index (χ2n) is 12.2. The Balaban J connectivity index is 1.28. The molecule has 11 rings (SSSR count). The lowest BCUT2D eigenvalue weighted by atomic mass is 9.96. The van der Waals surface area contributed by atoms with E-state index in [1.165, 1.54) is 60.0 Å². The number of para-hydroxylation sites is 4. The molecule has 4 aromatic heterocycles. The van der Waals surface area contributed by atoms with Crippen molar-refractivity contribution < 1.29 is 0 Å². The summed E-state index contributed by atoms with van der Waals surface area (Å²) in [6.45, 7) is 0. The predicted molar refractivity (Wildman–Crippen MR) is 191 cm³/mol. The Kier molecular flexibility index (Phi) is 4.55. The topological polar surface area (TPSA) is 35.1 Å². The van der Waals surface area contributed by atoms with Crippen molar-refractivity contribution in [1.82, 2.24) is 18.9 Å². The molecule has 46 heavy (non-hydrogen) atoms. The summed E-state index contributed by atoms with van der Waals surface area (Å²) in [5, 5.41) is 8.66. The van der Waals surface area contributed by atoms with Crippen LogP contribution in [0.3, 0.4) is 0 Å². The zero-order chi connectivity index (χ0) is 29.9. The Morgan fingerprint density at radius 2 is 1.20 bits per heavy atom. The first-order valence-electron chi connectivity index (χ1n) is 15.7. The molecule has 0 saturated heterocycles. The van der Waals surface area contributed by atoms with Crippen LogP contribution in [-0.4, -0.2) is 18.9 Å². The van der Waals surface area contributed by atoms with Gasteiger partial charge in [0.1, 0.15) is 5.52 Å². The molecule has 0 N–H and O–H groups in total. The summed E-state index contributed by atoms with van der Waals surface area (Å²) in [4.78, 5) is 10.3. The van der Waals surface area contributed by atoms with E-state index in [0.717, 1.165) is 38.8 Å². The first-order valence-corrected chi connectivity index (χ1v) is 15.7. The largest absolute Gasteiger partial charge is 0.309 e. The van der Waals surface area contributed by atoms with E-state index in [9.17, 15) is 0 Å². The molecule has 0 aliphatic carbocycles. The van der Waals surface area contributed by atoms with E-state index in [1.807, 2.05) is 24.3 Å². The highest BCUT2D eigenvalue weighted by molar-refractivity contribution is 6.27. The molecule has 0 atom stereocenters. The zero-order valence-electron chi connectivity index (χ0n) is 24.6. The zero-order valence-corrected chi connectivity index (χ0v) is 24.6. The first-order chi connectivity index (χ1) is 22.8. The second kappa shape index (κ2) is 8.68. The summed E-state index contributed by atoms with van der Waals surface area (Å²) in [5.74, 6) is 0. The van der Waals surface area contributed by atoms with Gasteiger partial charge in [-0.15, -0.1) is 0 Å². The average Bonchev–Trinajstić information content (AvgIpc) is 3.75. The number of hydrogen-bond donors (Lipinski definition) is 0. The summed E-state index contributed by atoms with van der Waals surface area (Å²) in [6.07, 6.45) is 0. The van der Waals surface area contributed by atoms with Crippen molar-refractivity contribution in [3.8, 4) is 16.8 Å². The van der Waals surface area contributed by atoms with Crippen LogP contribution in [0, 0.1) is 0 Å². The van der Waals surface area contributed by atoms with Crippen LogP contribution in [0.4, 0.5) is 0 Å². The van der Waals surface area contributed by atoms with Crippen molar-refractivity contribution in [3.05, 3.63) is 146 Å². The molecule has 4 heterocycles. The van der Waals surface area contributed by atoms with Crippen molar-refractivity contribution >= 4 is 82.0 Å². The maximum Gasteiger partial charge on any atom is 0.165 e. The van der Waals surface area contributed by atoms with Gasteiger partial charge in [-0.05, 0) is 76.5 Å². The molecular formula is C42H24N4. The molecule has 0 radical (unpaired) electrons. The van der Waals surface area contributed by atoms with Crippen LogP contribution in [0.1, 0.15) is 0 Å². The first kappa shape index (κ1) is 24.1. The number of hydrogen-bond acceptors (Lipinski definition) is 2. The minimum Gasteiger partial charge on any atom is -0.309 e. The minimum absolute atomic E-state index is 0.907. The van der Waals surface area contributed by atoms with Gasteiger partial charge < -0.3 is 4.57 Å². The number of rotatable bonds is 2. The Labute approximate surface area is 262 Å². The van der Waals surface area contributed by atoms with Gasteiger partial charge in [-0.2, -0.15) is 0 Å². The fourth-order valence-corrected chi connectivity index (χ4v) is 7.89. The molecule has 0 amide bonds. The number of aromatic nitrogens is 4. The van der Waals surface area contributed by atoms with Crippen LogP contribution in [0.15, 0.2) is 146 Å². The van der Waals surface area contributed by atoms with Gasteiger partial charge in [0.15, 0.2) is 5.65 Å². The molecular weight excluding hydrogens is 560 g/mol. The maximum atomic E-state index is 5.15. The third-order valence-electron chi connectivity index (χ3n) is 9.82. The lowest BCUT2D eigenvalue weighted by molar-refractivity contribution is 1.18. The SMILES string of the molecule is c1ccc(-n2c3ccc(-c4ccc5c6nc7ccccc7nc6n6c7ccccc7c4c56)cc3c3c4ccccc4ccc32)cc1. The van der Waals surface area contributed by atoms with E-state index < -0.39 is 0 Å².